The summed E-state index contributed by atoms with van der Waals surface area (Å²) in [6, 6.07) is 2.48. The summed E-state index contributed by atoms with van der Waals surface area (Å²) < 4.78 is 0. The van der Waals surface area contributed by atoms with Crippen LogP contribution in [0.15, 0.2) is 0 Å². The van der Waals surface area contributed by atoms with Crippen LogP contribution in [-0.2, 0) is 4.79 Å². The van der Waals surface area contributed by atoms with E-state index in [0.717, 1.165) is 45.2 Å². The molecule has 0 spiro atoms. The van der Waals surface area contributed by atoms with E-state index in [1.54, 1.807) is 0 Å². The van der Waals surface area contributed by atoms with Crippen molar-refractivity contribution in [1.82, 2.24) is 10.2 Å². The van der Waals surface area contributed by atoms with E-state index in [9.17, 15) is 10.1 Å². The molecule has 0 aromatic rings. The summed E-state index contributed by atoms with van der Waals surface area (Å²) in [6.45, 7) is 1.94. The van der Waals surface area contributed by atoms with Gasteiger partial charge in [0.2, 0.25) is 5.91 Å². The molecular weight excluding hydrogens is 202 g/mol. The van der Waals surface area contributed by atoms with Gasteiger partial charge in [-0.1, -0.05) is 12.8 Å². The first kappa shape index (κ1) is 11.4. The Hall–Kier alpha value is -1.08. The lowest BCUT2D eigenvalue weighted by atomic mass is 9.87. The number of hydrogen-bond donors (Lipinski definition) is 1. The number of likely N-dealkylation sites (N-methyl/N-ethyl adjacent to an activating group) is 1. The molecule has 1 aliphatic carbocycles. The fraction of sp³-hybridized carbons (Fsp3) is 0.833. The molecule has 0 bridgehead atoms. The molecule has 0 aromatic heterocycles. The minimum atomic E-state index is -0.721. The van der Waals surface area contributed by atoms with E-state index in [4.69, 9.17) is 0 Å². The standard InChI is InChI=1S/C12H19N3O/c1-15-7-4-10(8-15)14-11(16)12(9-13)5-2-3-6-12/h10H,2-8H2,1H3,(H,14,16). The fourth-order valence-electron chi connectivity index (χ4n) is 2.74. The average molecular weight is 221 g/mol. The van der Waals surface area contributed by atoms with Crippen LogP contribution in [-0.4, -0.2) is 37.0 Å². The highest BCUT2D eigenvalue weighted by Gasteiger charge is 2.42. The molecule has 1 aliphatic heterocycles. The number of hydrogen-bond acceptors (Lipinski definition) is 3. The highest BCUT2D eigenvalue weighted by atomic mass is 16.2. The van der Waals surface area contributed by atoms with Gasteiger partial charge in [0.15, 0.2) is 0 Å². The third-order valence-electron chi connectivity index (χ3n) is 3.83. The molecule has 1 saturated carbocycles. The summed E-state index contributed by atoms with van der Waals surface area (Å²) in [5, 5.41) is 12.2. The van der Waals surface area contributed by atoms with Crippen molar-refractivity contribution in [1.29, 1.82) is 5.26 Å². The number of carbonyl (C=O) groups excluding carboxylic acids is 1. The van der Waals surface area contributed by atoms with Gasteiger partial charge in [-0.15, -0.1) is 0 Å². The zero-order valence-electron chi connectivity index (χ0n) is 9.83. The van der Waals surface area contributed by atoms with Crippen LogP contribution in [0, 0.1) is 16.7 Å². The molecule has 1 atom stereocenters. The van der Waals surface area contributed by atoms with Crippen LogP contribution < -0.4 is 5.32 Å². The van der Waals surface area contributed by atoms with Gasteiger partial charge in [-0.25, -0.2) is 0 Å². The van der Waals surface area contributed by atoms with Gasteiger partial charge in [0.25, 0.3) is 0 Å². The maximum atomic E-state index is 12.1. The van der Waals surface area contributed by atoms with Crippen molar-refractivity contribution in [3.05, 3.63) is 0 Å². The van der Waals surface area contributed by atoms with E-state index in [-0.39, 0.29) is 11.9 Å². The van der Waals surface area contributed by atoms with Crippen molar-refractivity contribution < 1.29 is 4.79 Å². The second-order valence-corrected chi connectivity index (χ2v) is 5.12. The van der Waals surface area contributed by atoms with Crippen LogP contribution in [0.2, 0.25) is 0 Å². The Morgan fingerprint density at radius 1 is 1.50 bits per heavy atom. The van der Waals surface area contributed by atoms with Gasteiger partial charge in [-0.05, 0) is 32.9 Å². The zero-order valence-corrected chi connectivity index (χ0v) is 9.83. The Kier molecular flexibility index (Phi) is 3.15. The van der Waals surface area contributed by atoms with Crippen molar-refractivity contribution in [3.63, 3.8) is 0 Å². The first-order chi connectivity index (χ1) is 7.66. The largest absolute Gasteiger partial charge is 0.351 e. The summed E-state index contributed by atoms with van der Waals surface area (Å²) in [5.41, 5.74) is -0.721. The predicted octanol–water partition coefficient (Wildman–Crippen LogP) is 0.891. The van der Waals surface area contributed by atoms with Crippen molar-refractivity contribution in [2.45, 2.75) is 38.1 Å². The van der Waals surface area contributed by atoms with Gasteiger partial charge in [0.05, 0.1) is 6.07 Å². The van der Waals surface area contributed by atoms with Crippen molar-refractivity contribution in [2.24, 2.45) is 5.41 Å². The number of rotatable bonds is 2. The number of nitriles is 1. The Labute approximate surface area is 96.6 Å². The molecule has 16 heavy (non-hydrogen) atoms. The van der Waals surface area contributed by atoms with Crippen LogP contribution in [0.3, 0.4) is 0 Å². The lowest BCUT2D eigenvalue weighted by molar-refractivity contribution is -0.128. The third kappa shape index (κ3) is 2.05. The molecule has 4 heteroatoms. The van der Waals surface area contributed by atoms with E-state index in [2.05, 4.69) is 23.3 Å². The van der Waals surface area contributed by atoms with Crippen molar-refractivity contribution >= 4 is 5.91 Å². The molecule has 1 saturated heterocycles. The Morgan fingerprint density at radius 3 is 2.69 bits per heavy atom. The molecular formula is C12H19N3O. The van der Waals surface area contributed by atoms with Gasteiger partial charge in [0.1, 0.15) is 5.41 Å². The zero-order chi connectivity index (χ0) is 11.6. The molecule has 1 N–H and O–H groups in total. The van der Waals surface area contributed by atoms with Gasteiger partial charge in [-0.2, -0.15) is 5.26 Å². The lowest BCUT2D eigenvalue weighted by Gasteiger charge is -2.22. The second kappa shape index (κ2) is 4.42. The van der Waals surface area contributed by atoms with Crippen LogP contribution in [0.5, 0.6) is 0 Å². The summed E-state index contributed by atoms with van der Waals surface area (Å²) in [6.07, 6.45) is 4.48. The highest BCUT2D eigenvalue weighted by Crippen LogP contribution is 2.37. The number of nitrogens with one attached hydrogen (secondary N) is 1. The number of nitrogens with zero attached hydrogens (tertiary/aromatic N) is 2. The normalized spacial score (nSPS) is 28.9. The van der Waals surface area contributed by atoms with E-state index in [0.29, 0.717) is 0 Å². The molecule has 0 radical (unpaired) electrons. The molecule has 0 aromatic carbocycles. The number of amides is 1. The predicted molar refractivity (Wildman–Crippen MR) is 60.6 cm³/mol. The van der Waals surface area contributed by atoms with Crippen LogP contribution in [0.25, 0.3) is 0 Å². The molecule has 2 fully saturated rings. The van der Waals surface area contributed by atoms with E-state index < -0.39 is 5.41 Å². The van der Waals surface area contributed by atoms with E-state index in [1.165, 1.54) is 0 Å². The molecule has 1 amide bonds. The molecule has 88 valence electrons. The third-order valence-corrected chi connectivity index (χ3v) is 3.83. The number of carbonyl (C=O) groups is 1. The van der Waals surface area contributed by atoms with Crippen molar-refractivity contribution in [3.8, 4) is 6.07 Å². The van der Waals surface area contributed by atoms with Crippen molar-refractivity contribution in [2.75, 3.05) is 20.1 Å². The Bertz CT molecular complexity index is 315. The molecule has 4 nitrogen and oxygen atoms in total. The quantitative estimate of drug-likeness (QED) is 0.753. The van der Waals surface area contributed by atoms with Crippen LogP contribution in [0.4, 0.5) is 0 Å². The minimum Gasteiger partial charge on any atom is -0.351 e. The smallest absolute Gasteiger partial charge is 0.240 e. The molecule has 2 aliphatic rings. The molecule has 1 heterocycles. The monoisotopic (exact) mass is 221 g/mol. The van der Waals surface area contributed by atoms with E-state index in [1.807, 2.05) is 0 Å². The summed E-state index contributed by atoms with van der Waals surface area (Å²) >= 11 is 0. The van der Waals surface area contributed by atoms with E-state index >= 15 is 0 Å². The second-order valence-electron chi connectivity index (χ2n) is 5.12. The Balaban J connectivity index is 1.94. The van der Waals surface area contributed by atoms with Gasteiger partial charge >= 0.3 is 0 Å². The maximum absolute atomic E-state index is 12.1. The van der Waals surface area contributed by atoms with Gasteiger partial charge in [0, 0.05) is 12.6 Å². The SMILES string of the molecule is CN1CCC(NC(=O)C2(C#N)CCCC2)C1. The topological polar surface area (TPSA) is 56.1 Å². The van der Waals surface area contributed by atoms with Gasteiger partial charge < -0.3 is 10.2 Å². The van der Waals surface area contributed by atoms with Crippen LogP contribution in [0.1, 0.15) is 32.1 Å². The highest BCUT2D eigenvalue weighted by molar-refractivity contribution is 5.86. The minimum absolute atomic E-state index is 0.0344. The Morgan fingerprint density at radius 2 is 2.19 bits per heavy atom. The average Bonchev–Trinajstić information content (AvgIpc) is 2.88. The lowest BCUT2D eigenvalue weighted by Crippen LogP contribution is -2.44. The summed E-state index contributed by atoms with van der Waals surface area (Å²) in [5.74, 6) is -0.0344. The first-order valence-corrected chi connectivity index (χ1v) is 6.07. The summed E-state index contributed by atoms with van der Waals surface area (Å²) in [7, 11) is 2.06. The molecule has 2 rings (SSSR count). The summed E-state index contributed by atoms with van der Waals surface area (Å²) in [4.78, 5) is 14.3. The maximum Gasteiger partial charge on any atom is 0.240 e. The first-order valence-electron chi connectivity index (χ1n) is 6.07. The number of likely N-dealkylation sites (tertiary alicyclic amines) is 1. The van der Waals surface area contributed by atoms with Gasteiger partial charge in [-0.3, -0.25) is 4.79 Å². The molecule has 1 unspecified atom stereocenters. The fourth-order valence-corrected chi connectivity index (χ4v) is 2.74. The van der Waals surface area contributed by atoms with Crippen LogP contribution >= 0.6 is 0 Å².